The van der Waals surface area contributed by atoms with Crippen LogP contribution in [0.5, 0.6) is 0 Å². The number of carbonyl (C=O) groups excluding carboxylic acids is 1. The Morgan fingerprint density at radius 2 is 1.67 bits per heavy atom. The molecule has 0 bridgehead atoms. The molecule has 2 atom stereocenters. The van der Waals surface area contributed by atoms with E-state index in [0.717, 1.165) is 44.9 Å². The van der Waals surface area contributed by atoms with Crippen LogP contribution in [-0.4, -0.2) is 28.1 Å². The normalized spacial score (nSPS) is 30.1. The van der Waals surface area contributed by atoms with Crippen LogP contribution in [0.3, 0.4) is 0 Å². The van der Waals surface area contributed by atoms with Crippen LogP contribution in [0.15, 0.2) is 0 Å². The zero-order valence-corrected chi connectivity index (χ0v) is 13.9. The molecule has 4 nitrogen and oxygen atoms in total. The van der Waals surface area contributed by atoms with Gasteiger partial charge in [-0.3, -0.25) is 4.79 Å². The molecule has 2 aliphatic carbocycles. The molecule has 0 aromatic heterocycles. The van der Waals surface area contributed by atoms with Gasteiger partial charge in [-0.05, 0) is 46.5 Å². The fourth-order valence-corrected chi connectivity index (χ4v) is 4.10. The molecule has 0 saturated heterocycles. The number of nitrogens with one attached hydrogen (secondary N) is 2. The van der Waals surface area contributed by atoms with Gasteiger partial charge < -0.3 is 10.5 Å². The Labute approximate surface area is 129 Å². The first-order valence-electron chi connectivity index (χ1n) is 8.61. The highest BCUT2D eigenvalue weighted by Crippen LogP contribution is 2.36. The largest absolute Gasteiger partial charge is 0.316 e. The summed E-state index contributed by atoms with van der Waals surface area (Å²) < 4.78 is 0. The maximum absolute atomic E-state index is 13.1. The Morgan fingerprint density at radius 3 is 2.19 bits per heavy atom. The minimum absolute atomic E-state index is 0.0246. The first-order valence-corrected chi connectivity index (χ1v) is 8.61. The maximum Gasteiger partial charge on any atom is 0.159 e. The Bertz CT molecular complexity index is 354. The fourth-order valence-electron chi connectivity index (χ4n) is 4.10. The van der Waals surface area contributed by atoms with Gasteiger partial charge in [-0.15, -0.1) is 0 Å². The molecular weight excluding hydrogens is 264 g/mol. The highest BCUT2D eigenvalue weighted by molar-refractivity contribution is 5.91. The second kappa shape index (κ2) is 6.76. The average Bonchev–Trinajstić information content (AvgIpc) is 2.72. The van der Waals surface area contributed by atoms with Crippen molar-refractivity contribution >= 4 is 5.78 Å². The van der Waals surface area contributed by atoms with Crippen LogP contribution in [0.2, 0.25) is 0 Å². The number of ketones is 1. The van der Waals surface area contributed by atoms with Crippen LogP contribution in [0, 0.1) is 5.92 Å². The maximum atomic E-state index is 13.1. The predicted molar refractivity (Wildman–Crippen MR) is 84.4 cm³/mol. The van der Waals surface area contributed by atoms with Crippen molar-refractivity contribution in [2.24, 2.45) is 5.92 Å². The first-order chi connectivity index (χ1) is 9.88. The second-order valence-electron chi connectivity index (χ2n) is 8.01. The zero-order chi connectivity index (χ0) is 15.5. The summed E-state index contributed by atoms with van der Waals surface area (Å²) in [6, 6.07) is 0.256. The Hall–Kier alpha value is -0.450. The lowest BCUT2D eigenvalue weighted by Crippen LogP contribution is -2.56. The number of rotatable bonds is 4. The van der Waals surface area contributed by atoms with E-state index in [1.165, 1.54) is 12.8 Å². The average molecular weight is 296 g/mol. The lowest BCUT2D eigenvalue weighted by Gasteiger charge is -2.36. The van der Waals surface area contributed by atoms with E-state index in [0.29, 0.717) is 0 Å². The van der Waals surface area contributed by atoms with Crippen molar-refractivity contribution < 1.29 is 10.0 Å². The van der Waals surface area contributed by atoms with Gasteiger partial charge in [0.15, 0.2) is 5.78 Å². The number of hydrogen-bond acceptors (Lipinski definition) is 4. The van der Waals surface area contributed by atoms with Crippen molar-refractivity contribution in [2.45, 2.75) is 95.7 Å². The van der Waals surface area contributed by atoms with E-state index in [1.54, 1.807) is 0 Å². The molecule has 2 aliphatic rings. The molecule has 0 aromatic carbocycles. The third kappa shape index (κ3) is 4.05. The summed E-state index contributed by atoms with van der Waals surface area (Å²) in [7, 11) is 0. The Morgan fingerprint density at radius 1 is 1.05 bits per heavy atom. The van der Waals surface area contributed by atoms with E-state index >= 15 is 0 Å². The van der Waals surface area contributed by atoms with Gasteiger partial charge >= 0.3 is 0 Å². The van der Waals surface area contributed by atoms with Crippen LogP contribution < -0.4 is 10.8 Å². The minimum atomic E-state index is -0.691. The summed E-state index contributed by atoms with van der Waals surface area (Å²) in [4.78, 5) is 13.1. The highest BCUT2D eigenvalue weighted by Gasteiger charge is 2.46. The van der Waals surface area contributed by atoms with Crippen molar-refractivity contribution in [3.63, 3.8) is 0 Å². The van der Waals surface area contributed by atoms with Gasteiger partial charge in [-0.2, -0.15) is 5.48 Å². The molecule has 0 aliphatic heterocycles. The number of hydroxylamine groups is 1. The third-order valence-electron chi connectivity index (χ3n) is 5.11. The molecule has 2 fully saturated rings. The van der Waals surface area contributed by atoms with E-state index in [-0.39, 0.29) is 23.3 Å². The molecule has 2 rings (SSSR count). The van der Waals surface area contributed by atoms with Crippen molar-refractivity contribution in [3.05, 3.63) is 0 Å². The minimum Gasteiger partial charge on any atom is -0.316 e. The molecule has 0 aromatic rings. The van der Waals surface area contributed by atoms with Gasteiger partial charge in [0.05, 0.1) is 0 Å². The van der Waals surface area contributed by atoms with E-state index in [9.17, 15) is 10.0 Å². The van der Waals surface area contributed by atoms with Gasteiger partial charge in [0.1, 0.15) is 5.54 Å². The standard InChI is InChI=1S/C17H32N2O2/c1-16(2,3)18-14-10-8-9-13(14)15(20)17(19-21)11-6-4-5-7-12-17/h13-14,18-19,21H,4-12H2,1-3H3/t13-,14+/m0/s1. The van der Waals surface area contributed by atoms with Gasteiger partial charge in [0, 0.05) is 17.5 Å². The molecular formula is C17H32N2O2. The Kier molecular flexibility index (Phi) is 5.44. The summed E-state index contributed by atoms with van der Waals surface area (Å²) in [5.41, 5.74) is 1.77. The highest BCUT2D eigenvalue weighted by atomic mass is 16.5. The molecule has 122 valence electrons. The van der Waals surface area contributed by atoms with E-state index in [4.69, 9.17) is 0 Å². The summed E-state index contributed by atoms with van der Waals surface area (Å²) in [5.74, 6) is 0.285. The molecule has 0 spiro atoms. The van der Waals surface area contributed by atoms with E-state index in [2.05, 4.69) is 31.6 Å². The monoisotopic (exact) mass is 296 g/mol. The summed E-state index contributed by atoms with van der Waals surface area (Å²) in [6.07, 6.45) is 9.09. The van der Waals surface area contributed by atoms with Crippen LogP contribution in [0.4, 0.5) is 0 Å². The predicted octanol–water partition coefficient (Wildman–Crippen LogP) is 3.18. The van der Waals surface area contributed by atoms with Gasteiger partial charge in [0.2, 0.25) is 0 Å². The van der Waals surface area contributed by atoms with Crippen molar-refractivity contribution in [1.82, 2.24) is 10.8 Å². The first kappa shape index (κ1) is 16.9. The smallest absolute Gasteiger partial charge is 0.159 e. The van der Waals surface area contributed by atoms with Gasteiger partial charge in [-0.25, -0.2) is 0 Å². The summed E-state index contributed by atoms with van der Waals surface area (Å²) >= 11 is 0. The summed E-state index contributed by atoms with van der Waals surface area (Å²) in [5, 5.41) is 13.3. The molecule has 0 radical (unpaired) electrons. The lowest BCUT2D eigenvalue weighted by molar-refractivity contribution is -0.135. The molecule has 0 amide bonds. The van der Waals surface area contributed by atoms with Gasteiger partial charge in [0.25, 0.3) is 0 Å². The van der Waals surface area contributed by atoms with Crippen LogP contribution in [0.25, 0.3) is 0 Å². The van der Waals surface area contributed by atoms with Crippen LogP contribution in [0.1, 0.15) is 78.6 Å². The van der Waals surface area contributed by atoms with Crippen molar-refractivity contribution in [2.75, 3.05) is 0 Å². The molecule has 3 N–H and O–H groups in total. The van der Waals surface area contributed by atoms with Gasteiger partial charge in [-0.1, -0.05) is 32.1 Å². The lowest BCUT2D eigenvalue weighted by atomic mass is 9.78. The fraction of sp³-hybridized carbons (Fsp3) is 0.941. The molecule has 21 heavy (non-hydrogen) atoms. The number of hydrogen-bond donors (Lipinski definition) is 3. The summed E-state index contributed by atoms with van der Waals surface area (Å²) in [6.45, 7) is 6.45. The van der Waals surface area contributed by atoms with Crippen molar-refractivity contribution in [1.29, 1.82) is 0 Å². The SMILES string of the molecule is CC(C)(C)N[C@@H]1CCC[C@@H]1C(=O)C1(NO)CCCCCC1. The number of carbonyl (C=O) groups is 1. The molecule has 0 unspecified atom stereocenters. The Balaban J connectivity index is 2.12. The van der Waals surface area contributed by atoms with Crippen molar-refractivity contribution in [3.8, 4) is 0 Å². The molecule has 0 heterocycles. The van der Waals surface area contributed by atoms with Crippen LogP contribution in [-0.2, 0) is 4.79 Å². The molecule has 2 saturated carbocycles. The number of Topliss-reactive ketones (excluding diaryl/α,β-unsaturated/α-hetero) is 1. The molecule has 4 heteroatoms. The third-order valence-corrected chi connectivity index (χ3v) is 5.11. The van der Waals surface area contributed by atoms with E-state index < -0.39 is 5.54 Å². The van der Waals surface area contributed by atoms with E-state index in [1.807, 2.05) is 0 Å². The zero-order valence-electron chi connectivity index (χ0n) is 13.9. The quantitative estimate of drug-likeness (QED) is 0.551. The second-order valence-corrected chi connectivity index (χ2v) is 8.01. The topological polar surface area (TPSA) is 61.4 Å². The van der Waals surface area contributed by atoms with Crippen LogP contribution >= 0.6 is 0 Å².